The number of rotatable bonds is 28. The van der Waals surface area contributed by atoms with Crippen molar-refractivity contribution in [3.63, 3.8) is 0 Å². The zero-order valence-electron chi connectivity index (χ0n) is 62.3. The lowest BCUT2D eigenvalue weighted by Gasteiger charge is -2.50. The number of amides is 5. The van der Waals surface area contributed by atoms with E-state index in [1.54, 1.807) is 76.3 Å². The van der Waals surface area contributed by atoms with Crippen molar-refractivity contribution in [2.45, 2.75) is 317 Å². The Kier molecular flexibility index (Phi) is 33.8. The van der Waals surface area contributed by atoms with Gasteiger partial charge in [0.2, 0.25) is 24.4 Å². The van der Waals surface area contributed by atoms with Gasteiger partial charge < -0.3 is 152 Å². The smallest absolute Gasteiger partial charge is 0.410 e. The number of alkyl carbamates (subject to hydrolysis) is 2. The third-order valence-corrected chi connectivity index (χ3v) is 18.0. The van der Waals surface area contributed by atoms with Gasteiger partial charge in [-0.3, -0.25) is 9.59 Å². The Bertz CT molecular complexity index is 2730. The van der Waals surface area contributed by atoms with Gasteiger partial charge in [0.05, 0.1) is 67.1 Å². The van der Waals surface area contributed by atoms with Crippen LogP contribution in [-0.2, 0) is 61.7 Å². The van der Waals surface area contributed by atoms with E-state index in [1.165, 1.54) is 20.9 Å². The summed E-state index contributed by atoms with van der Waals surface area (Å²) in [5.41, 5.74) is 12.5. The Morgan fingerprint density at radius 3 is 1.61 bits per heavy atom. The Labute approximate surface area is 603 Å². The van der Waals surface area contributed by atoms with Crippen molar-refractivity contribution in [3.05, 3.63) is 23.7 Å². The predicted molar refractivity (Wildman–Crippen MR) is 368 cm³/mol. The fourth-order valence-corrected chi connectivity index (χ4v) is 12.9. The average molecular weight is 1480 g/mol. The highest BCUT2D eigenvalue weighted by molar-refractivity contribution is 5.81. The van der Waals surface area contributed by atoms with E-state index in [-0.39, 0.29) is 65.0 Å². The van der Waals surface area contributed by atoms with E-state index in [0.29, 0.717) is 56.5 Å². The number of nitrogens with one attached hydrogen (secondary N) is 5. The van der Waals surface area contributed by atoms with Crippen LogP contribution in [0.4, 0.5) is 14.4 Å². The normalized spacial score (nSPS) is 34.8. The highest BCUT2D eigenvalue weighted by atomic mass is 16.7. The van der Waals surface area contributed by atoms with Crippen molar-refractivity contribution >= 4 is 30.1 Å². The van der Waals surface area contributed by atoms with Crippen LogP contribution in [0.5, 0.6) is 0 Å². The minimum absolute atomic E-state index is 0.00407. The lowest BCUT2D eigenvalue weighted by atomic mass is 9.79. The number of ether oxygens (including phenoxy) is 11. The average Bonchev–Trinajstić information content (AvgIpc) is 0.777. The molecule has 2 saturated carbocycles. The fraction of sp³-hybridized carbons (Fsp3) is 0.868. The molecule has 0 aromatic carbocycles. The van der Waals surface area contributed by atoms with Crippen molar-refractivity contribution < 1.29 is 127 Å². The number of carbonyl (C=O) groups excluding carboxylic acids is 5. The maximum Gasteiger partial charge on any atom is 0.410 e. The molecule has 6 rings (SSSR count). The zero-order chi connectivity index (χ0) is 77.3. The molecule has 0 unspecified atom stereocenters. The summed E-state index contributed by atoms with van der Waals surface area (Å²) in [6.45, 7) is 19.3. The van der Waals surface area contributed by atoms with Crippen LogP contribution in [0.1, 0.15) is 160 Å². The number of hydrogen-bond donors (Lipinski definition) is 18. The molecule has 24 atom stereocenters. The van der Waals surface area contributed by atoms with Crippen LogP contribution in [0.25, 0.3) is 0 Å². The van der Waals surface area contributed by atoms with Crippen molar-refractivity contribution in [1.82, 2.24) is 31.5 Å². The molecule has 596 valence electrons. The largest absolute Gasteiger partial charge is 0.468 e. The topological polar surface area (TPSA) is 531 Å². The molecule has 4 heterocycles. The number of hydrogen-bond acceptors (Lipinski definition) is 30. The maximum atomic E-state index is 13.5. The van der Waals surface area contributed by atoms with Crippen LogP contribution in [0.2, 0.25) is 0 Å². The van der Waals surface area contributed by atoms with Crippen molar-refractivity contribution in [2.75, 3.05) is 53.6 Å². The van der Waals surface area contributed by atoms with Gasteiger partial charge in [0.15, 0.2) is 12.6 Å². The predicted octanol–water partition coefficient (Wildman–Crippen LogP) is -1.47. The molecule has 103 heavy (non-hydrogen) atoms. The molecule has 21 N–H and O–H groups in total. The summed E-state index contributed by atoms with van der Waals surface area (Å²) in [6.07, 6.45) is -13.1. The number of likely N-dealkylation sites (N-methyl/N-ethyl adjacent to an activating group) is 2. The van der Waals surface area contributed by atoms with Crippen molar-refractivity contribution in [3.8, 4) is 0 Å². The number of aliphatic hydroxyl groups excluding tert-OH is 8. The minimum Gasteiger partial charge on any atom is -0.468 e. The Morgan fingerprint density at radius 2 is 1.08 bits per heavy atom. The van der Waals surface area contributed by atoms with Gasteiger partial charge in [-0.25, -0.2) is 14.4 Å². The molecule has 2 saturated heterocycles. The van der Waals surface area contributed by atoms with E-state index in [0.717, 1.165) is 4.90 Å². The summed E-state index contributed by atoms with van der Waals surface area (Å²) in [7, 11) is 2.92. The lowest BCUT2D eigenvalue weighted by molar-refractivity contribution is -0.313. The number of allylic oxidation sites excluding steroid dienone is 2. The van der Waals surface area contributed by atoms with E-state index in [4.69, 9.17) is 74.4 Å². The SMILES string of the molecule is CN[C@@H]1[C@@H](O)[C@@H](O[C@@H]2[C@@H](O)[C@H](O[C@H]3OC(CCCCO)=CC[C@H]3N)[C@@H](N)C[C@H]2NC(=O)[C@@H](O)CCN)OC[C@]1(C)O.C[C@H]1C[C@@H](NC(=O)[C@@H](O)CCNC(=O)OC(C)(C)C)[C@H](O[C@H]2OC[C@](C)(O)[C@H](N(C)C(=O)OC(C)(C)C)[C@H]2O)[C@@H](O)[C@@H]1O[C@H]1OC(CCCCO)=CC[C@H]1NC(=O)OC(C)(C)C. The van der Waals surface area contributed by atoms with Crippen molar-refractivity contribution in [2.24, 2.45) is 23.1 Å². The Morgan fingerprint density at radius 1 is 0.602 bits per heavy atom. The maximum absolute atomic E-state index is 13.5. The molecule has 35 heteroatoms. The summed E-state index contributed by atoms with van der Waals surface area (Å²) >= 11 is 0. The third kappa shape index (κ3) is 26.7. The van der Waals surface area contributed by atoms with Gasteiger partial charge in [-0.15, -0.1) is 0 Å². The van der Waals surface area contributed by atoms with Crippen LogP contribution in [0, 0.1) is 5.92 Å². The molecule has 0 aromatic heterocycles. The first-order valence-corrected chi connectivity index (χ1v) is 35.7. The van der Waals surface area contributed by atoms with Gasteiger partial charge in [-0.05, 0) is 172 Å². The van der Waals surface area contributed by atoms with Crippen LogP contribution < -0.4 is 43.8 Å². The van der Waals surface area contributed by atoms with Crippen LogP contribution >= 0.6 is 0 Å². The zero-order valence-corrected chi connectivity index (χ0v) is 62.3. The quantitative estimate of drug-likeness (QED) is 0.0314. The molecule has 2 aliphatic carbocycles. The van der Waals surface area contributed by atoms with Gasteiger partial charge in [-0.2, -0.15) is 0 Å². The molecular weight excluding hydrogens is 1360 g/mol. The molecule has 0 radical (unpaired) electrons. The first kappa shape index (κ1) is 88.7. The number of nitrogens with two attached hydrogens (primary N) is 3. The summed E-state index contributed by atoms with van der Waals surface area (Å²) in [5.74, 6) is -0.884. The van der Waals surface area contributed by atoms with Gasteiger partial charge in [0.1, 0.15) is 82.9 Å². The van der Waals surface area contributed by atoms with Crippen LogP contribution in [0.15, 0.2) is 23.7 Å². The summed E-state index contributed by atoms with van der Waals surface area (Å²) < 4.78 is 64.9. The molecule has 5 amide bonds. The highest BCUT2D eigenvalue weighted by Gasteiger charge is 2.56. The number of unbranched alkanes of at least 4 members (excludes halogenated alkanes) is 2. The first-order chi connectivity index (χ1) is 47.9. The van der Waals surface area contributed by atoms with E-state index < -0.39 is 199 Å². The number of carbonyl (C=O) groups is 5. The van der Waals surface area contributed by atoms with E-state index in [1.807, 2.05) is 12.2 Å². The standard InChI is InChI=1S/C42H74N4O16.C26H49N5O10/c1-23-21-26(44-33(51)27(48)18-19-43-36(52)60-39(2,3)4)31(59-35-29(50)32(42(11,55)22-56-35)46(12)38(54)62-41(8,9)10)28(49)30(23)58-34-25(45-37(53)61-40(5,6)7)17-16-24(57-34)15-13-14-20-47;1-26(37)12-38-25(19(35)22(26)30-2)41-21-16(31-23(36)17(33)8-9-27)11-15(29)20(18(21)34)40-24-14(28)7-6-13(39-24)5-3-4-10-32/h16,23,25-32,34-35,47-50,55H,13-15,17-22H2,1-12H3,(H,43,52)(H,44,51)(H,45,53);6,14-22,24-25,30,32-35,37H,3-5,7-12,27-29H2,1-2H3,(H,31,36)/t23-,25+,26+,27-,28-,29+,30+,31-,32+,34+,35+,42-;14-,15+,16-,17+,18+,19-,20-,21+,22-,24-,25-,26+/m01/s1. The fourth-order valence-electron chi connectivity index (χ4n) is 12.9. The molecule has 0 aromatic rings. The third-order valence-electron chi connectivity index (χ3n) is 18.0. The molecule has 6 aliphatic rings. The van der Waals surface area contributed by atoms with Gasteiger partial charge in [0, 0.05) is 45.7 Å². The van der Waals surface area contributed by atoms with Gasteiger partial charge in [-0.1, -0.05) is 6.92 Å². The van der Waals surface area contributed by atoms with E-state index in [2.05, 4.69) is 26.6 Å². The number of nitrogens with zero attached hydrogens (tertiary/aromatic N) is 1. The molecule has 4 fully saturated rings. The van der Waals surface area contributed by atoms with Gasteiger partial charge >= 0.3 is 18.3 Å². The molecule has 0 bridgehead atoms. The Hall–Kier alpha value is -4.97. The highest BCUT2D eigenvalue weighted by Crippen LogP contribution is 2.38. The molecule has 4 aliphatic heterocycles. The second kappa shape index (κ2) is 39.2. The summed E-state index contributed by atoms with van der Waals surface area (Å²) in [6, 6.07) is -6.21. The number of aliphatic hydroxyl groups is 10. The Balaban J connectivity index is 0.000000402. The molecule has 0 spiro atoms. The molecular formula is C68H123N9O26. The van der Waals surface area contributed by atoms with E-state index >= 15 is 0 Å². The minimum atomic E-state index is -1.79. The van der Waals surface area contributed by atoms with E-state index in [9.17, 15) is 69.9 Å². The summed E-state index contributed by atoms with van der Waals surface area (Å²) in [5, 5.41) is 121. The van der Waals surface area contributed by atoms with Crippen LogP contribution in [0.3, 0.4) is 0 Å². The monoisotopic (exact) mass is 1480 g/mol. The first-order valence-electron chi connectivity index (χ1n) is 35.7. The second-order valence-electron chi connectivity index (χ2n) is 31.0. The second-order valence-corrected chi connectivity index (χ2v) is 31.0. The van der Waals surface area contributed by atoms with Gasteiger partial charge in [0.25, 0.3) is 0 Å². The summed E-state index contributed by atoms with van der Waals surface area (Å²) in [4.78, 5) is 65.5. The molecule has 35 nitrogen and oxygen atoms in total. The van der Waals surface area contributed by atoms with Crippen molar-refractivity contribution in [1.29, 1.82) is 0 Å². The van der Waals surface area contributed by atoms with Crippen LogP contribution in [-0.4, -0.2) is 296 Å². The lowest BCUT2D eigenvalue weighted by Crippen LogP contribution is -2.69.